The standard InChI is InChI=1S/C10H20N4O/c1-4-14(5-2)10-12-9(15-13-10)7-6-8-11-3/h11H,4-8H2,1-3H3. The first-order valence-electron chi connectivity index (χ1n) is 5.53. The van der Waals surface area contributed by atoms with Crippen LogP contribution in [0.1, 0.15) is 26.2 Å². The molecule has 0 unspecified atom stereocenters. The Morgan fingerprint density at radius 2 is 2.07 bits per heavy atom. The van der Waals surface area contributed by atoms with Crippen molar-refractivity contribution in [1.82, 2.24) is 15.5 Å². The van der Waals surface area contributed by atoms with Gasteiger partial charge in [-0.05, 0) is 39.0 Å². The fourth-order valence-corrected chi connectivity index (χ4v) is 1.40. The first kappa shape index (κ1) is 12.0. The van der Waals surface area contributed by atoms with Gasteiger partial charge in [-0.15, -0.1) is 0 Å². The summed E-state index contributed by atoms with van der Waals surface area (Å²) in [5.41, 5.74) is 0. The molecule has 0 bridgehead atoms. The molecule has 0 aliphatic rings. The Bertz CT molecular complexity index is 270. The Balaban J connectivity index is 2.47. The first-order valence-corrected chi connectivity index (χ1v) is 5.53. The van der Waals surface area contributed by atoms with Crippen molar-refractivity contribution in [2.75, 3.05) is 31.6 Å². The lowest BCUT2D eigenvalue weighted by Crippen LogP contribution is -2.23. The molecule has 1 aromatic heterocycles. The van der Waals surface area contributed by atoms with Gasteiger partial charge in [-0.2, -0.15) is 4.98 Å². The van der Waals surface area contributed by atoms with E-state index in [1.54, 1.807) is 0 Å². The van der Waals surface area contributed by atoms with E-state index in [-0.39, 0.29) is 0 Å². The number of hydrogen-bond donors (Lipinski definition) is 1. The molecule has 5 heteroatoms. The van der Waals surface area contributed by atoms with Gasteiger partial charge in [-0.1, -0.05) is 0 Å². The maximum Gasteiger partial charge on any atom is 0.266 e. The molecule has 0 fully saturated rings. The van der Waals surface area contributed by atoms with Crippen LogP contribution in [0.25, 0.3) is 0 Å². The van der Waals surface area contributed by atoms with Gasteiger partial charge in [-0.25, -0.2) is 0 Å². The Morgan fingerprint density at radius 1 is 1.33 bits per heavy atom. The molecule has 15 heavy (non-hydrogen) atoms. The van der Waals surface area contributed by atoms with Gasteiger partial charge in [0.25, 0.3) is 5.95 Å². The molecular weight excluding hydrogens is 192 g/mol. The normalized spacial score (nSPS) is 10.6. The topological polar surface area (TPSA) is 54.2 Å². The van der Waals surface area contributed by atoms with Gasteiger partial charge in [0, 0.05) is 19.5 Å². The average molecular weight is 212 g/mol. The Kier molecular flexibility index (Phi) is 5.10. The Hall–Kier alpha value is -1.10. The van der Waals surface area contributed by atoms with Crippen LogP contribution in [0.2, 0.25) is 0 Å². The third-order valence-electron chi connectivity index (χ3n) is 2.32. The number of anilines is 1. The SMILES string of the molecule is CCN(CC)c1noc(CCCNC)n1. The minimum Gasteiger partial charge on any atom is -0.339 e. The van der Waals surface area contributed by atoms with Crippen LogP contribution < -0.4 is 10.2 Å². The number of nitrogens with zero attached hydrogens (tertiary/aromatic N) is 3. The zero-order valence-corrected chi connectivity index (χ0v) is 9.79. The van der Waals surface area contributed by atoms with E-state index in [0.29, 0.717) is 5.95 Å². The average Bonchev–Trinajstić information content (AvgIpc) is 2.69. The molecule has 0 radical (unpaired) electrons. The predicted molar refractivity (Wildman–Crippen MR) is 60.1 cm³/mol. The van der Waals surface area contributed by atoms with Crippen LogP contribution in [-0.4, -0.2) is 36.8 Å². The fraction of sp³-hybridized carbons (Fsp3) is 0.800. The summed E-state index contributed by atoms with van der Waals surface area (Å²) in [7, 11) is 1.94. The van der Waals surface area contributed by atoms with Crippen molar-refractivity contribution < 1.29 is 4.52 Å². The molecular formula is C10H20N4O. The molecule has 0 aromatic carbocycles. The van der Waals surface area contributed by atoms with E-state index >= 15 is 0 Å². The number of nitrogens with one attached hydrogen (secondary N) is 1. The molecule has 0 amide bonds. The summed E-state index contributed by atoms with van der Waals surface area (Å²) in [6.45, 7) is 6.96. The van der Waals surface area contributed by atoms with Gasteiger partial charge in [0.05, 0.1) is 0 Å². The van der Waals surface area contributed by atoms with Crippen LogP contribution in [0.15, 0.2) is 4.52 Å². The van der Waals surface area contributed by atoms with Gasteiger partial charge >= 0.3 is 0 Å². The number of rotatable bonds is 7. The van der Waals surface area contributed by atoms with Crippen molar-refractivity contribution in [1.29, 1.82) is 0 Å². The Morgan fingerprint density at radius 3 is 2.67 bits per heavy atom. The summed E-state index contributed by atoms with van der Waals surface area (Å²) in [4.78, 5) is 6.42. The molecule has 5 nitrogen and oxygen atoms in total. The van der Waals surface area contributed by atoms with Crippen molar-refractivity contribution in [2.24, 2.45) is 0 Å². The molecule has 1 aromatic rings. The van der Waals surface area contributed by atoms with Crippen molar-refractivity contribution in [3.8, 4) is 0 Å². The highest BCUT2D eigenvalue weighted by molar-refractivity contribution is 5.26. The number of aromatic nitrogens is 2. The van der Waals surface area contributed by atoms with E-state index in [1.165, 1.54) is 0 Å². The molecule has 1 N–H and O–H groups in total. The second kappa shape index (κ2) is 6.40. The van der Waals surface area contributed by atoms with Crippen molar-refractivity contribution in [2.45, 2.75) is 26.7 Å². The van der Waals surface area contributed by atoms with E-state index in [0.717, 1.165) is 38.4 Å². The van der Waals surface area contributed by atoms with Gasteiger partial charge in [-0.3, -0.25) is 0 Å². The third-order valence-corrected chi connectivity index (χ3v) is 2.32. The highest BCUT2D eigenvalue weighted by atomic mass is 16.5. The van der Waals surface area contributed by atoms with Crippen molar-refractivity contribution in [3.63, 3.8) is 0 Å². The van der Waals surface area contributed by atoms with E-state index < -0.39 is 0 Å². The fourth-order valence-electron chi connectivity index (χ4n) is 1.40. The quantitative estimate of drug-likeness (QED) is 0.685. The van der Waals surface area contributed by atoms with E-state index in [2.05, 4.69) is 34.2 Å². The van der Waals surface area contributed by atoms with E-state index in [4.69, 9.17) is 4.52 Å². The summed E-state index contributed by atoms with van der Waals surface area (Å²) in [6.07, 6.45) is 1.87. The molecule has 0 spiro atoms. The summed E-state index contributed by atoms with van der Waals surface area (Å²) in [5, 5.41) is 7.05. The molecule has 86 valence electrons. The summed E-state index contributed by atoms with van der Waals surface area (Å²) in [5.74, 6) is 1.44. The third kappa shape index (κ3) is 3.51. The molecule has 0 saturated heterocycles. The van der Waals surface area contributed by atoms with Crippen molar-refractivity contribution in [3.05, 3.63) is 5.89 Å². The minimum absolute atomic E-state index is 0.708. The van der Waals surface area contributed by atoms with Crippen molar-refractivity contribution >= 4 is 5.95 Å². The van der Waals surface area contributed by atoms with Gasteiger partial charge in [0.1, 0.15) is 0 Å². The molecule has 0 aliphatic heterocycles. The molecule has 0 atom stereocenters. The highest BCUT2D eigenvalue weighted by Crippen LogP contribution is 2.09. The van der Waals surface area contributed by atoms with Gasteiger partial charge in [0.15, 0.2) is 0 Å². The second-order valence-electron chi connectivity index (χ2n) is 3.37. The minimum atomic E-state index is 0.708. The molecule has 0 aliphatic carbocycles. The van der Waals surface area contributed by atoms with Crippen LogP contribution in [0.4, 0.5) is 5.95 Å². The van der Waals surface area contributed by atoms with Crippen LogP contribution >= 0.6 is 0 Å². The summed E-state index contributed by atoms with van der Waals surface area (Å²) >= 11 is 0. The number of aryl methyl sites for hydroxylation is 1. The smallest absolute Gasteiger partial charge is 0.266 e. The highest BCUT2D eigenvalue weighted by Gasteiger charge is 2.10. The largest absolute Gasteiger partial charge is 0.339 e. The monoisotopic (exact) mass is 212 g/mol. The van der Waals surface area contributed by atoms with Gasteiger partial charge < -0.3 is 14.7 Å². The molecule has 1 rings (SSSR count). The summed E-state index contributed by atoms with van der Waals surface area (Å²) in [6, 6.07) is 0. The van der Waals surface area contributed by atoms with Gasteiger partial charge in [0.2, 0.25) is 5.89 Å². The second-order valence-corrected chi connectivity index (χ2v) is 3.37. The maximum absolute atomic E-state index is 5.17. The Labute approximate surface area is 90.8 Å². The lowest BCUT2D eigenvalue weighted by molar-refractivity contribution is 0.374. The van der Waals surface area contributed by atoms with Crippen LogP contribution in [0, 0.1) is 0 Å². The first-order chi connectivity index (χ1) is 7.31. The number of hydrogen-bond acceptors (Lipinski definition) is 5. The maximum atomic E-state index is 5.17. The lowest BCUT2D eigenvalue weighted by atomic mass is 10.3. The van der Waals surface area contributed by atoms with E-state index in [1.807, 2.05) is 7.05 Å². The predicted octanol–water partition coefficient (Wildman–Crippen LogP) is 1.07. The van der Waals surface area contributed by atoms with E-state index in [9.17, 15) is 0 Å². The van der Waals surface area contributed by atoms with Crippen LogP contribution in [0.5, 0.6) is 0 Å². The van der Waals surface area contributed by atoms with Crippen LogP contribution in [0.3, 0.4) is 0 Å². The van der Waals surface area contributed by atoms with Crippen LogP contribution in [-0.2, 0) is 6.42 Å². The zero-order valence-electron chi connectivity index (χ0n) is 9.79. The lowest BCUT2D eigenvalue weighted by Gasteiger charge is -2.14. The molecule has 0 saturated carbocycles. The zero-order chi connectivity index (χ0) is 11.1. The summed E-state index contributed by atoms with van der Waals surface area (Å²) < 4.78 is 5.17. The molecule has 1 heterocycles.